The van der Waals surface area contributed by atoms with Gasteiger partial charge in [0.05, 0.1) is 10.7 Å². The van der Waals surface area contributed by atoms with Gasteiger partial charge < -0.3 is 4.90 Å². The Balaban J connectivity index is 2.95. The van der Waals surface area contributed by atoms with E-state index in [1.165, 1.54) is 4.90 Å². The quantitative estimate of drug-likeness (QED) is 0.635. The highest BCUT2D eigenvalue weighted by atomic mass is 35.5. The summed E-state index contributed by atoms with van der Waals surface area (Å²) in [5.74, 6) is 0.488. The molecule has 5 nitrogen and oxygen atoms in total. The second kappa shape index (κ2) is 6.43. The van der Waals surface area contributed by atoms with Crippen LogP contribution in [0, 0.1) is 6.92 Å². The highest BCUT2D eigenvalue weighted by Gasteiger charge is 2.17. The van der Waals surface area contributed by atoms with Crippen LogP contribution in [0.4, 0.5) is 10.5 Å². The Bertz CT molecular complexity index is 479. The van der Waals surface area contributed by atoms with E-state index in [9.17, 15) is 4.79 Å². The van der Waals surface area contributed by atoms with Crippen LogP contribution in [0.25, 0.3) is 0 Å². The van der Waals surface area contributed by atoms with Gasteiger partial charge in [-0.15, -0.1) is 0 Å². The maximum atomic E-state index is 12.2. The Morgan fingerprint density at radius 1 is 1.32 bits per heavy atom. The largest absolute Gasteiger partial charge is 0.349 e. The van der Waals surface area contributed by atoms with E-state index in [0.29, 0.717) is 16.7 Å². The van der Waals surface area contributed by atoms with Crippen LogP contribution in [0.15, 0.2) is 23.2 Å². The number of guanidine groups is 1. The summed E-state index contributed by atoms with van der Waals surface area (Å²) >= 11 is 6.14. The van der Waals surface area contributed by atoms with E-state index in [1.807, 2.05) is 33.2 Å². The maximum Gasteiger partial charge on any atom is 0.328 e. The first-order valence-corrected chi connectivity index (χ1v) is 6.20. The third kappa shape index (κ3) is 3.61. The molecule has 0 fully saturated rings. The van der Waals surface area contributed by atoms with Crippen molar-refractivity contribution in [1.82, 2.24) is 10.2 Å². The molecule has 104 valence electrons. The maximum absolute atomic E-state index is 12.2. The summed E-state index contributed by atoms with van der Waals surface area (Å²) in [7, 11) is 6.91. The Labute approximate surface area is 118 Å². The third-order valence-electron chi connectivity index (χ3n) is 2.68. The zero-order valence-corrected chi connectivity index (χ0v) is 12.6. The van der Waals surface area contributed by atoms with Crippen LogP contribution in [0.1, 0.15) is 5.56 Å². The Hall–Kier alpha value is -1.75. The van der Waals surface area contributed by atoms with E-state index in [1.54, 1.807) is 25.1 Å². The van der Waals surface area contributed by atoms with Gasteiger partial charge in [0.15, 0.2) is 0 Å². The molecule has 19 heavy (non-hydrogen) atoms. The van der Waals surface area contributed by atoms with Gasteiger partial charge >= 0.3 is 6.03 Å². The fourth-order valence-electron chi connectivity index (χ4n) is 1.70. The van der Waals surface area contributed by atoms with Crippen molar-refractivity contribution in [3.05, 3.63) is 28.8 Å². The standard InChI is InChI=1S/C13H19ClN4O/c1-9-7-6-8-10(14)11(9)18(5)13(19)16-12(15-2)17(3)4/h6-8H,1-5H3,(H,15,16,19). The SMILES string of the molecule is CN=C(NC(=O)N(C)c1c(C)cccc1Cl)N(C)C. The van der Waals surface area contributed by atoms with Crippen LogP contribution in [0.3, 0.4) is 0 Å². The molecule has 0 atom stereocenters. The Morgan fingerprint density at radius 3 is 2.42 bits per heavy atom. The molecule has 1 aromatic rings. The number of anilines is 1. The summed E-state index contributed by atoms with van der Waals surface area (Å²) in [5, 5.41) is 3.26. The molecule has 0 bridgehead atoms. The minimum absolute atomic E-state index is 0.287. The van der Waals surface area contributed by atoms with Crippen LogP contribution in [-0.4, -0.2) is 45.1 Å². The molecule has 1 rings (SSSR count). The first kappa shape index (κ1) is 15.3. The third-order valence-corrected chi connectivity index (χ3v) is 2.99. The molecule has 6 heteroatoms. The van der Waals surface area contributed by atoms with Gasteiger partial charge in [0.1, 0.15) is 0 Å². The number of amides is 2. The summed E-state index contributed by atoms with van der Waals surface area (Å²) in [6, 6.07) is 5.23. The van der Waals surface area contributed by atoms with Crippen LogP contribution < -0.4 is 10.2 Å². The summed E-state index contributed by atoms with van der Waals surface area (Å²) in [6.07, 6.45) is 0. The fraction of sp³-hybridized carbons (Fsp3) is 0.385. The minimum atomic E-state index is -0.287. The summed E-state index contributed by atoms with van der Waals surface area (Å²) < 4.78 is 0. The molecule has 0 saturated heterocycles. The van der Waals surface area contributed by atoms with E-state index < -0.39 is 0 Å². The predicted molar refractivity (Wildman–Crippen MR) is 80.2 cm³/mol. The van der Waals surface area contributed by atoms with Gasteiger partial charge in [-0.05, 0) is 18.6 Å². The molecule has 1 N–H and O–H groups in total. The predicted octanol–water partition coefficient (Wildman–Crippen LogP) is 2.34. The molecule has 0 unspecified atom stereocenters. The van der Waals surface area contributed by atoms with Crippen LogP contribution in [0.5, 0.6) is 0 Å². The Kier molecular flexibility index (Phi) is 5.18. The van der Waals surface area contributed by atoms with E-state index in [2.05, 4.69) is 10.3 Å². The highest BCUT2D eigenvalue weighted by Crippen LogP contribution is 2.28. The van der Waals surface area contributed by atoms with Crippen molar-refractivity contribution >= 4 is 29.3 Å². The number of urea groups is 1. The lowest BCUT2D eigenvalue weighted by Gasteiger charge is -2.23. The second-order valence-electron chi connectivity index (χ2n) is 4.34. The van der Waals surface area contributed by atoms with Crippen LogP contribution in [-0.2, 0) is 0 Å². The highest BCUT2D eigenvalue weighted by molar-refractivity contribution is 6.34. The number of benzene rings is 1. The smallest absolute Gasteiger partial charge is 0.328 e. The van der Waals surface area contributed by atoms with E-state index in [-0.39, 0.29) is 6.03 Å². The molecule has 0 saturated carbocycles. The van der Waals surface area contributed by atoms with E-state index in [0.717, 1.165) is 5.56 Å². The lowest BCUT2D eigenvalue weighted by Crippen LogP contribution is -2.46. The fourth-order valence-corrected chi connectivity index (χ4v) is 2.05. The summed E-state index contributed by atoms with van der Waals surface area (Å²) in [4.78, 5) is 19.4. The monoisotopic (exact) mass is 282 g/mol. The number of para-hydroxylation sites is 1. The molecule has 1 aromatic carbocycles. The first-order chi connectivity index (χ1) is 8.88. The van der Waals surface area contributed by atoms with E-state index >= 15 is 0 Å². The normalized spacial score (nSPS) is 11.2. The summed E-state index contributed by atoms with van der Waals surface area (Å²) in [6.45, 7) is 1.91. The van der Waals surface area contributed by atoms with Crippen molar-refractivity contribution in [3.8, 4) is 0 Å². The van der Waals surface area contributed by atoms with Gasteiger partial charge in [0.2, 0.25) is 5.96 Å². The second-order valence-corrected chi connectivity index (χ2v) is 4.74. The zero-order valence-electron chi connectivity index (χ0n) is 11.9. The van der Waals surface area contributed by atoms with Gasteiger partial charge in [0.25, 0.3) is 0 Å². The first-order valence-electron chi connectivity index (χ1n) is 5.82. The molecular formula is C13H19ClN4O. The van der Waals surface area contributed by atoms with Crippen molar-refractivity contribution in [2.75, 3.05) is 33.1 Å². The number of hydrogen-bond acceptors (Lipinski definition) is 2. The van der Waals surface area contributed by atoms with Crippen molar-refractivity contribution in [2.45, 2.75) is 6.92 Å². The Morgan fingerprint density at radius 2 is 1.95 bits per heavy atom. The molecular weight excluding hydrogens is 264 g/mol. The van der Waals surface area contributed by atoms with Gasteiger partial charge in [-0.2, -0.15) is 0 Å². The average Bonchev–Trinajstić information content (AvgIpc) is 2.34. The number of halogens is 1. The van der Waals surface area contributed by atoms with Crippen molar-refractivity contribution in [2.24, 2.45) is 4.99 Å². The topological polar surface area (TPSA) is 47.9 Å². The number of aliphatic imine (C=N–C) groups is 1. The number of carbonyl (C=O) groups excluding carboxylic acids is 1. The molecule has 0 aliphatic heterocycles. The molecule has 0 aliphatic rings. The minimum Gasteiger partial charge on any atom is -0.349 e. The van der Waals surface area contributed by atoms with Gasteiger partial charge in [-0.3, -0.25) is 15.2 Å². The zero-order chi connectivity index (χ0) is 14.6. The molecule has 0 aliphatic carbocycles. The van der Waals surface area contributed by atoms with Crippen molar-refractivity contribution < 1.29 is 4.79 Å². The number of carbonyl (C=O) groups is 1. The lowest BCUT2D eigenvalue weighted by molar-refractivity contribution is 0.250. The molecule has 0 aromatic heterocycles. The number of nitrogens with one attached hydrogen (secondary N) is 1. The molecule has 2 amide bonds. The number of aryl methyl sites for hydroxylation is 1. The molecule has 0 spiro atoms. The van der Waals surface area contributed by atoms with E-state index in [4.69, 9.17) is 11.6 Å². The van der Waals surface area contributed by atoms with Gasteiger partial charge in [-0.25, -0.2) is 4.79 Å². The van der Waals surface area contributed by atoms with Crippen LogP contribution in [0.2, 0.25) is 5.02 Å². The van der Waals surface area contributed by atoms with Crippen molar-refractivity contribution in [3.63, 3.8) is 0 Å². The van der Waals surface area contributed by atoms with Gasteiger partial charge in [-0.1, -0.05) is 23.7 Å². The van der Waals surface area contributed by atoms with Gasteiger partial charge in [0, 0.05) is 28.2 Å². The number of rotatable bonds is 1. The number of nitrogens with zero attached hydrogens (tertiary/aromatic N) is 3. The number of hydrogen-bond donors (Lipinski definition) is 1. The lowest BCUT2D eigenvalue weighted by atomic mass is 10.2. The summed E-state index contributed by atoms with van der Waals surface area (Å²) in [5.41, 5.74) is 1.63. The van der Waals surface area contributed by atoms with Crippen molar-refractivity contribution in [1.29, 1.82) is 0 Å². The average molecular weight is 283 g/mol. The molecule has 0 radical (unpaired) electrons. The van der Waals surface area contributed by atoms with Crippen LogP contribution >= 0.6 is 11.6 Å². The molecule has 0 heterocycles.